The molecule has 2 saturated carbocycles. The molecule has 9 nitrogen and oxygen atoms in total. The summed E-state index contributed by atoms with van der Waals surface area (Å²) in [7, 11) is 3.42. The van der Waals surface area contributed by atoms with Crippen LogP contribution in [-0.2, 0) is 39.5 Å². The highest BCUT2D eigenvalue weighted by Gasteiger charge is 2.37. The van der Waals surface area contributed by atoms with Crippen molar-refractivity contribution in [1.82, 2.24) is 34.7 Å². The van der Waals surface area contributed by atoms with Crippen molar-refractivity contribution >= 4 is 22.9 Å². The van der Waals surface area contributed by atoms with E-state index in [-0.39, 0.29) is 30.7 Å². The van der Waals surface area contributed by atoms with Crippen LogP contribution in [0.4, 0.5) is 38.1 Å². The van der Waals surface area contributed by atoms with Crippen LogP contribution in [0, 0.1) is 18.8 Å². The fraction of sp³-hybridized carbons (Fsp3) is 0.536. The van der Waals surface area contributed by atoms with Crippen LogP contribution in [0.1, 0.15) is 53.8 Å². The summed E-state index contributed by atoms with van der Waals surface area (Å²) in [6.45, 7) is 3.25. The number of benzene rings is 1. The predicted molar refractivity (Wildman–Crippen MR) is 146 cm³/mol. The van der Waals surface area contributed by atoms with Gasteiger partial charge >= 0.3 is 12.4 Å². The molecule has 6 rings (SSSR count). The quantitative estimate of drug-likeness (QED) is 0.215. The van der Waals surface area contributed by atoms with E-state index in [1.54, 1.807) is 0 Å². The number of fused-ring (bicyclic) bond motifs is 1. The Morgan fingerprint density at radius 3 is 1.93 bits per heavy atom. The van der Waals surface area contributed by atoms with Crippen molar-refractivity contribution in [3.8, 4) is 0 Å². The molecule has 4 aromatic rings. The Balaban J connectivity index is 1.44. The van der Waals surface area contributed by atoms with Crippen LogP contribution in [0.3, 0.4) is 0 Å². The van der Waals surface area contributed by atoms with Gasteiger partial charge in [0.2, 0.25) is 0 Å². The molecular weight excluding hydrogens is 576 g/mol. The van der Waals surface area contributed by atoms with E-state index in [4.69, 9.17) is 4.98 Å². The largest absolute Gasteiger partial charge is 0.416 e. The van der Waals surface area contributed by atoms with Gasteiger partial charge in [0.15, 0.2) is 5.65 Å². The van der Waals surface area contributed by atoms with Gasteiger partial charge < -0.3 is 14.4 Å². The molecule has 0 bridgehead atoms. The zero-order chi connectivity index (χ0) is 30.7. The number of aryl methyl sites for hydroxylation is 3. The van der Waals surface area contributed by atoms with Crippen molar-refractivity contribution in [2.75, 3.05) is 22.9 Å². The van der Waals surface area contributed by atoms with Gasteiger partial charge in [0, 0.05) is 32.2 Å². The average Bonchev–Trinajstić information content (AvgIpc) is 3.85. The normalized spacial score (nSPS) is 15.8. The minimum absolute atomic E-state index is 0.0586. The number of nitrogens with zero attached hydrogens (tertiary/aromatic N) is 9. The van der Waals surface area contributed by atoms with E-state index < -0.39 is 23.5 Å². The van der Waals surface area contributed by atoms with Crippen molar-refractivity contribution in [2.24, 2.45) is 25.9 Å². The van der Waals surface area contributed by atoms with Crippen LogP contribution in [0.5, 0.6) is 0 Å². The number of pyridine rings is 1. The Morgan fingerprint density at radius 2 is 1.42 bits per heavy atom. The Kier molecular flexibility index (Phi) is 7.24. The van der Waals surface area contributed by atoms with Crippen LogP contribution in [0.2, 0.25) is 0 Å². The lowest BCUT2D eigenvalue weighted by Gasteiger charge is -2.29. The average molecular weight is 608 g/mol. The molecule has 3 aromatic heterocycles. The number of anilines is 2. The molecule has 2 fully saturated rings. The molecule has 2 aliphatic carbocycles. The lowest BCUT2D eigenvalue weighted by atomic mass is 10.0. The summed E-state index contributed by atoms with van der Waals surface area (Å²) in [6.07, 6.45) is -5.38. The summed E-state index contributed by atoms with van der Waals surface area (Å²) < 4.78 is 83.8. The van der Waals surface area contributed by atoms with Crippen molar-refractivity contribution in [3.05, 3.63) is 52.3 Å². The van der Waals surface area contributed by atoms with Gasteiger partial charge in [-0.25, -0.2) is 9.97 Å². The standard InChI is InChI=1S/C28H31F6N9/c1-16-35-23-10-20(24(36-25(23)40(16)2)42(12-17-4-5-17)13-18-6-7-18)15-43(26-37-39-41(3)38-26)14-19-8-21(27(29,30)31)11-22(9-19)28(32,33)34/h8-11,17-18H,4-7,12-15H2,1-3H3. The molecule has 0 saturated heterocycles. The number of tetrazole rings is 1. The van der Waals surface area contributed by atoms with E-state index >= 15 is 0 Å². The van der Waals surface area contributed by atoms with E-state index in [1.807, 2.05) is 24.6 Å². The lowest BCUT2D eigenvalue weighted by Crippen LogP contribution is -2.32. The fourth-order valence-electron chi connectivity index (χ4n) is 5.25. The number of hydrogen-bond donors (Lipinski definition) is 0. The molecule has 15 heteroatoms. The molecule has 2 aliphatic rings. The highest BCUT2D eigenvalue weighted by atomic mass is 19.4. The van der Waals surface area contributed by atoms with Gasteiger partial charge in [0.25, 0.3) is 5.95 Å². The minimum atomic E-state index is -4.96. The molecule has 0 unspecified atom stereocenters. The first-order chi connectivity index (χ1) is 20.2. The number of rotatable bonds is 10. The summed E-state index contributed by atoms with van der Waals surface area (Å²) in [5.74, 6) is 2.66. The van der Waals surface area contributed by atoms with E-state index in [9.17, 15) is 26.3 Å². The van der Waals surface area contributed by atoms with Crippen molar-refractivity contribution < 1.29 is 26.3 Å². The monoisotopic (exact) mass is 607 g/mol. The first kappa shape index (κ1) is 29.2. The third-order valence-corrected chi connectivity index (χ3v) is 7.94. The van der Waals surface area contributed by atoms with Gasteiger partial charge in [0.1, 0.15) is 17.2 Å². The SMILES string of the molecule is Cc1nc2cc(CN(Cc3cc(C(F)(F)F)cc(C(F)(F)F)c3)c3nnn(C)n3)c(N(CC3CC3)CC3CC3)nc2n1C. The predicted octanol–water partition coefficient (Wildman–Crippen LogP) is 5.67. The zero-order valence-electron chi connectivity index (χ0n) is 23.9. The Morgan fingerprint density at radius 1 is 0.814 bits per heavy atom. The first-order valence-corrected chi connectivity index (χ1v) is 14.1. The number of aromatic nitrogens is 7. The summed E-state index contributed by atoms with van der Waals surface area (Å²) in [5.41, 5.74) is -0.880. The highest BCUT2D eigenvalue weighted by Crippen LogP contribution is 2.39. The van der Waals surface area contributed by atoms with Gasteiger partial charge in [-0.1, -0.05) is 5.10 Å². The molecule has 0 N–H and O–H groups in total. The molecule has 0 spiro atoms. The van der Waals surface area contributed by atoms with Crippen LogP contribution < -0.4 is 9.80 Å². The summed E-state index contributed by atoms with van der Waals surface area (Å²) in [6, 6.07) is 3.49. The maximum atomic E-state index is 13.6. The second-order valence-electron chi connectivity index (χ2n) is 11.7. The molecule has 0 atom stereocenters. The van der Waals surface area contributed by atoms with Gasteiger partial charge in [-0.2, -0.15) is 31.1 Å². The van der Waals surface area contributed by atoms with Gasteiger partial charge in [-0.3, -0.25) is 0 Å². The van der Waals surface area contributed by atoms with E-state index in [2.05, 4.69) is 25.3 Å². The molecule has 3 heterocycles. The van der Waals surface area contributed by atoms with Gasteiger partial charge in [0.05, 0.1) is 24.7 Å². The summed E-state index contributed by atoms with van der Waals surface area (Å²) >= 11 is 0. The molecule has 230 valence electrons. The molecule has 1 aromatic carbocycles. The summed E-state index contributed by atoms with van der Waals surface area (Å²) in [4.78, 5) is 14.7. The maximum Gasteiger partial charge on any atom is 0.416 e. The second-order valence-corrected chi connectivity index (χ2v) is 11.7. The third-order valence-electron chi connectivity index (χ3n) is 7.94. The van der Waals surface area contributed by atoms with Crippen molar-refractivity contribution in [2.45, 2.75) is 58.0 Å². The van der Waals surface area contributed by atoms with E-state index in [0.717, 1.165) is 68.1 Å². The van der Waals surface area contributed by atoms with Crippen molar-refractivity contribution in [3.63, 3.8) is 0 Å². The van der Waals surface area contributed by atoms with E-state index in [0.29, 0.717) is 23.0 Å². The first-order valence-electron chi connectivity index (χ1n) is 14.1. The van der Waals surface area contributed by atoms with Crippen LogP contribution >= 0.6 is 0 Å². The molecular formula is C28H31F6N9. The summed E-state index contributed by atoms with van der Waals surface area (Å²) in [5, 5.41) is 12.2. The molecule has 0 amide bonds. The number of halogens is 6. The van der Waals surface area contributed by atoms with Gasteiger partial charge in [-0.05, 0) is 79.5 Å². The van der Waals surface area contributed by atoms with Crippen LogP contribution in [-0.4, -0.2) is 47.8 Å². The number of imidazole rings is 1. The van der Waals surface area contributed by atoms with Crippen LogP contribution in [0.25, 0.3) is 11.2 Å². The Labute approximate surface area is 243 Å². The second kappa shape index (κ2) is 10.7. The molecule has 0 radical (unpaired) electrons. The van der Waals surface area contributed by atoms with Crippen LogP contribution in [0.15, 0.2) is 24.3 Å². The molecule has 0 aliphatic heterocycles. The third kappa shape index (κ3) is 6.54. The fourth-order valence-corrected chi connectivity index (χ4v) is 5.25. The Hall–Kier alpha value is -3.91. The maximum absolute atomic E-state index is 13.6. The lowest BCUT2D eigenvalue weighted by molar-refractivity contribution is -0.143. The van der Waals surface area contributed by atoms with Gasteiger partial charge in [-0.15, -0.1) is 5.10 Å². The van der Waals surface area contributed by atoms with E-state index in [1.165, 1.54) is 16.7 Å². The minimum Gasteiger partial charge on any atom is -0.356 e. The van der Waals surface area contributed by atoms with Crippen molar-refractivity contribution in [1.29, 1.82) is 0 Å². The number of hydrogen-bond acceptors (Lipinski definition) is 7. The zero-order valence-corrected chi connectivity index (χ0v) is 23.9. The number of alkyl halides is 6. The smallest absolute Gasteiger partial charge is 0.356 e. The molecule has 43 heavy (non-hydrogen) atoms. The topological polar surface area (TPSA) is 80.8 Å². The Bertz CT molecular complexity index is 1590. The highest BCUT2D eigenvalue weighted by molar-refractivity contribution is 5.76.